The van der Waals surface area contributed by atoms with E-state index >= 15 is 0 Å². The fourth-order valence-electron chi connectivity index (χ4n) is 2.43. The molecule has 1 aliphatic heterocycles. The Morgan fingerprint density at radius 2 is 2.11 bits per heavy atom. The molecule has 0 radical (unpaired) electrons. The van der Waals surface area contributed by atoms with Gasteiger partial charge in [0.1, 0.15) is 6.04 Å². The first-order chi connectivity index (χ1) is 8.56. The summed E-state index contributed by atoms with van der Waals surface area (Å²) in [6, 6.07) is 11.5. The predicted octanol–water partition coefficient (Wildman–Crippen LogP) is 1.68. The number of hydrogen-bond acceptors (Lipinski definition) is 3. The summed E-state index contributed by atoms with van der Waals surface area (Å²) in [6.45, 7) is 4.73. The zero-order chi connectivity index (χ0) is 13.2. The number of carbonyl (C=O) groups excluding carboxylic acids is 1. The van der Waals surface area contributed by atoms with Crippen LogP contribution in [-0.2, 0) is 4.79 Å². The zero-order valence-corrected chi connectivity index (χ0v) is 10.7. The molecule has 1 unspecified atom stereocenters. The van der Waals surface area contributed by atoms with E-state index in [0.717, 1.165) is 5.69 Å². The maximum Gasteiger partial charge on any atom is 0.243 e. The van der Waals surface area contributed by atoms with Crippen LogP contribution in [0.1, 0.15) is 20.3 Å². The van der Waals surface area contributed by atoms with Crippen LogP contribution in [0, 0.1) is 11.3 Å². The lowest BCUT2D eigenvalue weighted by molar-refractivity contribution is -0.124. The van der Waals surface area contributed by atoms with Crippen LogP contribution < -0.4 is 10.2 Å². The van der Waals surface area contributed by atoms with Gasteiger partial charge in [-0.3, -0.25) is 4.79 Å². The third kappa shape index (κ3) is 2.17. The first-order valence-electron chi connectivity index (χ1n) is 6.05. The van der Waals surface area contributed by atoms with Gasteiger partial charge in [-0.2, -0.15) is 5.26 Å². The Kier molecular flexibility index (Phi) is 3.24. The highest BCUT2D eigenvalue weighted by atomic mass is 16.2. The predicted molar refractivity (Wildman–Crippen MR) is 70.0 cm³/mol. The molecule has 94 valence electrons. The Labute approximate surface area is 107 Å². The van der Waals surface area contributed by atoms with Crippen LogP contribution >= 0.6 is 0 Å². The molecule has 1 heterocycles. The zero-order valence-electron chi connectivity index (χ0n) is 10.7. The summed E-state index contributed by atoms with van der Waals surface area (Å²) in [6.07, 6.45) is 0.199. The summed E-state index contributed by atoms with van der Waals surface area (Å²) in [5.74, 6) is -0.0697. The third-order valence-corrected chi connectivity index (χ3v) is 3.28. The average Bonchev–Trinajstić information content (AvgIpc) is 2.35. The van der Waals surface area contributed by atoms with Crippen molar-refractivity contribution in [3.63, 3.8) is 0 Å². The van der Waals surface area contributed by atoms with E-state index in [9.17, 15) is 4.79 Å². The number of nitrogens with zero attached hydrogens (tertiary/aromatic N) is 2. The molecule has 4 heteroatoms. The van der Waals surface area contributed by atoms with Gasteiger partial charge in [0, 0.05) is 12.2 Å². The second-order valence-electron chi connectivity index (χ2n) is 5.11. The summed E-state index contributed by atoms with van der Waals surface area (Å²) >= 11 is 0. The second kappa shape index (κ2) is 4.69. The number of nitrogens with one attached hydrogen (secondary N) is 1. The Hall–Kier alpha value is -2.02. The van der Waals surface area contributed by atoms with Gasteiger partial charge in [0.05, 0.1) is 18.0 Å². The molecule has 18 heavy (non-hydrogen) atoms. The Morgan fingerprint density at radius 3 is 2.72 bits per heavy atom. The van der Waals surface area contributed by atoms with Crippen molar-refractivity contribution in [3.8, 4) is 6.07 Å². The van der Waals surface area contributed by atoms with Crippen molar-refractivity contribution in [2.75, 3.05) is 11.4 Å². The molecule has 1 amide bonds. The molecule has 0 bridgehead atoms. The Morgan fingerprint density at radius 1 is 1.44 bits per heavy atom. The van der Waals surface area contributed by atoms with Gasteiger partial charge in [-0.1, -0.05) is 18.2 Å². The summed E-state index contributed by atoms with van der Waals surface area (Å²) in [5, 5.41) is 11.8. The number of nitriles is 1. The molecule has 4 nitrogen and oxygen atoms in total. The monoisotopic (exact) mass is 243 g/mol. The minimum atomic E-state index is -0.416. The molecule has 1 saturated heterocycles. The van der Waals surface area contributed by atoms with Crippen molar-refractivity contribution in [3.05, 3.63) is 30.3 Å². The topological polar surface area (TPSA) is 56.1 Å². The smallest absolute Gasteiger partial charge is 0.243 e. The maximum absolute atomic E-state index is 12.0. The summed E-state index contributed by atoms with van der Waals surface area (Å²) < 4.78 is 0. The highest BCUT2D eigenvalue weighted by molar-refractivity contribution is 5.87. The molecule has 0 spiro atoms. The number of hydrogen-bond donors (Lipinski definition) is 1. The van der Waals surface area contributed by atoms with Crippen LogP contribution in [0.2, 0.25) is 0 Å². The van der Waals surface area contributed by atoms with Crippen LogP contribution in [-0.4, -0.2) is 24.0 Å². The van der Waals surface area contributed by atoms with Crippen molar-refractivity contribution in [2.24, 2.45) is 0 Å². The fourth-order valence-corrected chi connectivity index (χ4v) is 2.43. The van der Waals surface area contributed by atoms with Gasteiger partial charge in [-0.25, -0.2) is 0 Å². The van der Waals surface area contributed by atoms with E-state index in [-0.39, 0.29) is 17.9 Å². The van der Waals surface area contributed by atoms with E-state index in [1.54, 1.807) is 0 Å². The van der Waals surface area contributed by atoms with Gasteiger partial charge in [-0.15, -0.1) is 0 Å². The average molecular weight is 243 g/mol. The Bertz CT molecular complexity index is 476. The highest BCUT2D eigenvalue weighted by Gasteiger charge is 2.40. The third-order valence-electron chi connectivity index (χ3n) is 3.28. The molecule has 0 saturated carbocycles. The Balaban J connectivity index is 2.42. The normalized spacial score (nSPS) is 22.2. The SMILES string of the molecule is CC1(C)CNC(=O)C(CC#N)N1c1ccccc1. The standard InChI is InChI=1S/C14H17N3O/c1-14(2)10-16-13(18)12(8-9-15)17(14)11-6-4-3-5-7-11/h3-7,12H,8,10H2,1-2H3,(H,16,18). The first kappa shape index (κ1) is 12.4. The van der Waals surface area contributed by atoms with E-state index in [0.29, 0.717) is 6.54 Å². The van der Waals surface area contributed by atoms with E-state index < -0.39 is 6.04 Å². The largest absolute Gasteiger partial charge is 0.352 e. The van der Waals surface area contributed by atoms with Gasteiger partial charge < -0.3 is 10.2 Å². The molecule has 1 N–H and O–H groups in total. The van der Waals surface area contributed by atoms with Gasteiger partial charge in [0.25, 0.3) is 0 Å². The van der Waals surface area contributed by atoms with Crippen LogP contribution in [0.4, 0.5) is 5.69 Å². The van der Waals surface area contributed by atoms with Gasteiger partial charge in [0.15, 0.2) is 0 Å². The summed E-state index contributed by atoms with van der Waals surface area (Å²) in [5.41, 5.74) is 0.786. The number of rotatable bonds is 2. The number of anilines is 1. The number of amides is 1. The quantitative estimate of drug-likeness (QED) is 0.859. The highest BCUT2D eigenvalue weighted by Crippen LogP contribution is 2.29. The molecule has 1 aromatic rings. The minimum absolute atomic E-state index is 0.0697. The maximum atomic E-state index is 12.0. The summed E-state index contributed by atoms with van der Waals surface area (Å²) in [4.78, 5) is 14.0. The van der Waals surface area contributed by atoms with Crippen molar-refractivity contribution in [2.45, 2.75) is 31.8 Å². The molecule has 1 aliphatic rings. The van der Waals surface area contributed by atoms with Gasteiger partial charge in [0.2, 0.25) is 5.91 Å². The number of piperazine rings is 1. The minimum Gasteiger partial charge on any atom is -0.352 e. The van der Waals surface area contributed by atoms with Crippen molar-refractivity contribution < 1.29 is 4.79 Å². The van der Waals surface area contributed by atoms with Crippen molar-refractivity contribution in [1.82, 2.24) is 5.32 Å². The van der Waals surface area contributed by atoms with E-state index in [4.69, 9.17) is 5.26 Å². The van der Waals surface area contributed by atoms with Gasteiger partial charge in [-0.05, 0) is 26.0 Å². The molecular formula is C14H17N3O. The van der Waals surface area contributed by atoms with Crippen LogP contribution in [0.25, 0.3) is 0 Å². The molecule has 1 aromatic carbocycles. The molecule has 1 fully saturated rings. The fraction of sp³-hybridized carbons (Fsp3) is 0.429. The molecular weight excluding hydrogens is 226 g/mol. The van der Waals surface area contributed by atoms with Crippen molar-refractivity contribution >= 4 is 11.6 Å². The summed E-state index contributed by atoms with van der Waals surface area (Å²) in [7, 11) is 0. The molecule has 0 aromatic heterocycles. The van der Waals surface area contributed by atoms with Crippen LogP contribution in [0.15, 0.2) is 30.3 Å². The molecule has 2 rings (SSSR count). The van der Waals surface area contributed by atoms with E-state index in [2.05, 4.69) is 30.1 Å². The lowest BCUT2D eigenvalue weighted by Gasteiger charge is -2.48. The first-order valence-corrected chi connectivity index (χ1v) is 6.05. The lowest BCUT2D eigenvalue weighted by Crippen LogP contribution is -2.65. The van der Waals surface area contributed by atoms with E-state index in [1.807, 2.05) is 30.3 Å². The lowest BCUT2D eigenvalue weighted by atomic mass is 9.93. The second-order valence-corrected chi connectivity index (χ2v) is 5.11. The molecule has 0 aliphatic carbocycles. The van der Waals surface area contributed by atoms with E-state index in [1.165, 1.54) is 0 Å². The van der Waals surface area contributed by atoms with Crippen LogP contribution in [0.5, 0.6) is 0 Å². The number of para-hydroxylation sites is 1. The molecule has 1 atom stereocenters. The van der Waals surface area contributed by atoms with Gasteiger partial charge >= 0.3 is 0 Å². The number of carbonyl (C=O) groups is 1. The number of benzene rings is 1. The van der Waals surface area contributed by atoms with Crippen molar-refractivity contribution in [1.29, 1.82) is 5.26 Å². The van der Waals surface area contributed by atoms with Crippen LogP contribution in [0.3, 0.4) is 0 Å².